The Morgan fingerprint density at radius 1 is 1.11 bits per heavy atom. The van der Waals surface area contributed by atoms with Crippen LogP contribution < -0.4 is 5.32 Å². The zero-order valence-electron chi connectivity index (χ0n) is 11.8. The van der Waals surface area contributed by atoms with E-state index >= 15 is 0 Å². The molecule has 1 atom stereocenters. The number of likely N-dealkylation sites (tertiary alicyclic amines) is 1. The fourth-order valence-corrected chi connectivity index (χ4v) is 4.36. The first-order valence-electron chi connectivity index (χ1n) is 7.51. The first kappa shape index (κ1) is 13.3. The Labute approximate surface area is 121 Å². The third kappa shape index (κ3) is 3.67. The fourth-order valence-electron chi connectivity index (χ4n) is 3.12. The Bertz CT molecular complexity index is 398. The molecule has 1 aromatic rings. The molecule has 0 aromatic heterocycles. The van der Waals surface area contributed by atoms with Crippen LogP contribution in [-0.4, -0.2) is 36.3 Å². The highest BCUT2D eigenvalue weighted by Gasteiger charge is 2.19. The molecular weight excluding hydrogens is 252 g/mol. The smallest absolute Gasteiger partial charge is 0.0400 e. The monoisotopic (exact) mass is 276 g/mol. The average Bonchev–Trinajstić information content (AvgIpc) is 3.04. The van der Waals surface area contributed by atoms with Crippen LogP contribution in [0.25, 0.3) is 0 Å². The SMILES string of the molecule is CN1CCC(Nc2ccc(SC3CCCC3)cc2)C1. The summed E-state index contributed by atoms with van der Waals surface area (Å²) < 4.78 is 0. The maximum Gasteiger partial charge on any atom is 0.0400 e. The third-order valence-electron chi connectivity index (χ3n) is 4.22. The lowest BCUT2D eigenvalue weighted by molar-refractivity contribution is 0.414. The van der Waals surface area contributed by atoms with E-state index in [0.717, 1.165) is 5.25 Å². The molecule has 0 spiro atoms. The summed E-state index contributed by atoms with van der Waals surface area (Å²) in [4.78, 5) is 3.82. The molecule has 1 unspecified atom stereocenters. The zero-order valence-corrected chi connectivity index (χ0v) is 12.6. The van der Waals surface area contributed by atoms with Gasteiger partial charge in [-0.05, 0) is 57.1 Å². The third-order valence-corrected chi connectivity index (χ3v) is 5.57. The number of hydrogen-bond donors (Lipinski definition) is 1. The lowest BCUT2D eigenvalue weighted by Crippen LogP contribution is -2.23. The van der Waals surface area contributed by atoms with Crippen LogP contribution in [-0.2, 0) is 0 Å². The minimum atomic E-state index is 0.623. The van der Waals surface area contributed by atoms with Gasteiger partial charge in [-0.3, -0.25) is 0 Å². The van der Waals surface area contributed by atoms with E-state index in [1.807, 2.05) is 0 Å². The molecule has 1 aliphatic heterocycles. The number of hydrogen-bond acceptors (Lipinski definition) is 3. The second-order valence-corrected chi connectivity index (χ2v) is 7.31. The van der Waals surface area contributed by atoms with Gasteiger partial charge in [-0.2, -0.15) is 0 Å². The van der Waals surface area contributed by atoms with Crippen molar-refractivity contribution in [2.45, 2.75) is 48.3 Å². The topological polar surface area (TPSA) is 15.3 Å². The van der Waals surface area contributed by atoms with Crippen molar-refractivity contribution in [2.24, 2.45) is 0 Å². The molecule has 2 fully saturated rings. The van der Waals surface area contributed by atoms with Gasteiger partial charge >= 0.3 is 0 Å². The van der Waals surface area contributed by atoms with Crippen LogP contribution in [0.2, 0.25) is 0 Å². The molecule has 0 amide bonds. The molecule has 2 nitrogen and oxygen atoms in total. The molecule has 19 heavy (non-hydrogen) atoms. The van der Waals surface area contributed by atoms with Crippen molar-refractivity contribution in [3.05, 3.63) is 24.3 Å². The fraction of sp³-hybridized carbons (Fsp3) is 0.625. The van der Waals surface area contributed by atoms with Gasteiger partial charge in [0, 0.05) is 28.4 Å². The van der Waals surface area contributed by atoms with Crippen LogP contribution in [0.1, 0.15) is 32.1 Å². The Hall–Kier alpha value is -0.670. The number of anilines is 1. The standard InChI is InChI=1S/C16H24N2S/c1-18-11-10-14(12-18)17-13-6-8-16(9-7-13)19-15-4-2-3-5-15/h6-9,14-15,17H,2-5,10-12H2,1H3. The normalized spacial score (nSPS) is 25.0. The Kier molecular flexibility index (Phi) is 4.34. The summed E-state index contributed by atoms with van der Waals surface area (Å²) in [7, 11) is 2.20. The van der Waals surface area contributed by atoms with Crippen LogP contribution in [0.3, 0.4) is 0 Å². The molecule has 104 valence electrons. The van der Waals surface area contributed by atoms with Gasteiger partial charge in [-0.1, -0.05) is 12.8 Å². The predicted octanol–water partition coefficient (Wildman–Crippen LogP) is 3.84. The number of nitrogens with zero attached hydrogens (tertiary/aromatic N) is 1. The summed E-state index contributed by atoms with van der Waals surface area (Å²) in [5.41, 5.74) is 1.27. The number of likely N-dealkylation sites (N-methyl/N-ethyl adjacent to an activating group) is 1. The van der Waals surface area contributed by atoms with Gasteiger partial charge in [-0.25, -0.2) is 0 Å². The quantitative estimate of drug-likeness (QED) is 0.899. The molecule has 3 rings (SSSR count). The minimum Gasteiger partial charge on any atom is -0.381 e. The summed E-state index contributed by atoms with van der Waals surface area (Å²) in [5.74, 6) is 0. The molecule has 3 heteroatoms. The number of rotatable bonds is 4. The molecule has 0 bridgehead atoms. The van der Waals surface area contributed by atoms with Crippen molar-refractivity contribution in [3.8, 4) is 0 Å². The van der Waals surface area contributed by atoms with Crippen LogP contribution in [0, 0.1) is 0 Å². The predicted molar refractivity (Wildman–Crippen MR) is 84.1 cm³/mol. The van der Waals surface area contributed by atoms with Gasteiger partial charge in [0.2, 0.25) is 0 Å². The maximum absolute atomic E-state index is 3.64. The molecule has 1 N–H and O–H groups in total. The Morgan fingerprint density at radius 3 is 2.47 bits per heavy atom. The van der Waals surface area contributed by atoms with Crippen molar-refractivity contribution in [1.29, 1.82) is 0 Å². The van der Waals surface area contributed by atoms with Gasteiger partial charge in [0.05, 0.1) is 0 Å². The van der Waals surface area contributed by atoms with Crippen molar-refractivity contribution in [3.63, 3.8) is 0 Å². The molecule has 1 heterocycles. The lowest BCUT2D eigenvalue weighted by Gasteiger charge is -2.15. The van der Waals surface area contributed by atoms with Gasteiger partial charge in [0.25, 0.3) is 0 Å². The van der Waals surface area contributed by atoms with Crippen molar-refractivity contribution >= 4 is 17.4 Å². The summed E-state index contributed by atoms with van der Waals surface area (Å²) in [6, 6.07) is 9.68. The Morgan fingerprint density at radius 2 is 1.84 bits per heavy atom. The van der Waals surface area contributed by atoms with E-state index in [-0.39, 0.29) is 0 Å². The highest BCUT2D eigenvalue weighted by atomic mass is 32.2. The molecule has 1 saturated heterocycles. The molecule has 1 aromatic carbocycles. The summed E-state index contributed by atoms with van der Waals surface area (Å²) in [5, 5.41) is 4.50. The van der Waals surface area contributed by atoms with Gasteiger partial charge < -0.3 is 10.2 Å². The zero-order chi connectivity index (χ0) is 13.1. The molecule has 1 saturated carbocycles. The molecule has 2 aliphatic rings. The second-order valence-electron chi connectivity index (χ2n) is 5.94. The van der Waals surface area contributed by atoms with Gasteiger partial charge in [0.15, 0.2) is 0 Å². The molecule has 1 aliphatic carbocycles. The van der Waals surface area contributed by atoms with Crippen LogP contribution in [0.15, 0.2) is 29.2 Å². The maximum atomic E-state index is 3.64. The molecular formula is C16H24N2S. The first-order chi connectivity index (χ1) is 9.29. The summed E-state index contributed by atoms with van der Waals surface area (Å²) in [6.07, 6.45) is 6.91. The summed E-state index contributed by atoms with van der Waals surface area (Å²) >= 11 is 2.07. The van der Waals surface area contributed by atoms with E-state index in [1.54, 1.807) is 0 Å². The first-order valence-corrected chi connectivity index (χ1v) is 8.39. The number of thioether (sulfide) groups is 1. The largest absolute Gasteiger partial charge is 0.381 e. The van der Waals surface area contributed by atoms with E-state index in [0.29, 0.717) is 6.04 Å². The van der Waals surface area contributed by atoms with Crippen LogP contribution in [0.5, 0.6) is 0 Å². The van der Waals surface area contributed by atoms with Crippen LogP contribution in [0.4, 0.5) is 5.69 Å². The average molecular weight is 276 g/mol. The van der Waals surface area contributed by atoms with E-state index in [2.05, 4.69) is 53.3 Å². The van der Waals surface area contributed by atoms with E-state index in [4.69, 9.17) is 0 Å². The van der Waals surface area contributed by atoms with Crippen molar-refractivity contribution in [1.82, 2.24) is 4.90 Å². The van der Waals surface area contributed by atoms with E-state index in [9.17, 15) is 0 Å². The van der Waals surface area contributed by atoms with Crippen molar-refractivity contribution < 1.29 is 0 Å². The van der Waals surface area contributed by atoms with Crippen LogP contribution >= 0.6 is 11.8 Å². The van der Waals surface area contributed by atoms with E-state index < -0.39 is 0 Å². The van der Waals surface area contributed by atoms with Crippen molar-refractivity contribution in [2.75, 3.05) is 25.5 Å². The highest BCUT2D eigenvalue weighted by Crippen LogP contribution is 2.35. The lowest BCUT2D eigenvalue weighted by atomic mass is 10.2. The summed E-state index contributed by atoms with van der Waals surface area (Å²) in [6.45, 7) is 2.38. The minimum absolute atomic E-state index is 0.623. The number of nitrogens with one attached hydrogen (secondary N) is 1. The molecule has 0 radical (unpaired) electrons. The van der Waals surface area contributed by atoms with Gasteiger partial charge in [0.1, 0.15) is 0 Å². The number of benzene rings is 1. The highest BCUT2D eigenvalue weighted by molar-refractivity contribution is 8.00. The van der Waals surface area contributed by atoms with E-state index in [1.165, 1.54) is 55.8 Å². The second kappa shape index (κ2) is 6.19. The Balaban J connectivity index is 1.53. The van der Waals surface area contributed by atoms with Gasteiger partial charge in [-0.15, -0.1) is 11.8 Å².